The van der Waals surface area contributed by atoms with Crippen molar-refractivity contribution in [1.82, 2.24) is 9.55 Å². The maximum atomic E-state index is 6.72. The van der Waals surface area contributed by atoms with Gasteiger partial charge in [0.15, 0.2) is 0 Å². The van der Waals surface area contributed by atoms with Crippen molar-refractivity contribution >= 4 is 77.3 Å². The molecule has 6 heteroatoms. The molecule has 1 aliphatic rings. The van der Waals surface area contributed by atoms with Gasteiger partial charge >= 0.3 is 0 Å². The van der Waals surface area contributed by atoms with E-state index in [-0.39, 0.29) is 0 Å². The second-order valence-electron chi connectivity index (χ2n) is 14.9. The number of anilines is 4. The summed E-state index contributed by atoms with van der Waals surface area (Å²) in [6.07, 6.45) is 1.95. The third kappa shape index (κ3) is 5.23. The third-order valence-corrected chi connectivity index (χ3v) is 11.5. The molecule has 0 aliphatic carbocycles. The molecule has 3 aromatic heterocycles. The van der Waals surface area contributed by atoms with Crippen LogP contribution >= 0.6 is 0 Å². The lowest BCUT2D eigenvalue weighted by atomic mass is 10.0. The number of furan rings is 1. The molecule has 0 saturated heterocycles. The summed E-state index contributed by atoms with van der Waals surface area (Å²) in [6, 6.07) is 65.8. The van der Waals surface area contributed by atoms with E-state index >= 15 is 0 Å². The number of hydrogen-bond donors (Lipinski definition) is 0. The highest BCUT2D eigenvalue weighted by atomic mass is 16.5. The highest BCUT2D eigenvalue weighted by molar-refractivity contribution is 6.12. The summed E-state index contributed by atoms with van der Waals surface area (Å²) in [5, 5.41) is 6.63. The minimum Gasteiger partial charge on any atom is -0.457 e. The van der Waals surface area contributed by atoms with Gasteiger partial charge in [-0.3, -0.25) is 4.57 Å². The predicted octanol–water partition coefficient (Wildman–Crippen LogP) is 13.9. The van der Waals surface area contributed by atoms with E-state index in [9.17, 15) is 0 Å². The fourth-order valence-corrected chi connectivity index (χ4v) is 8.70. The number of benzene rings is 8. The molecule has 0 spiro atoms. The Bertz CT molecular complexity index is 3370. The van der Waals surface area contributed by atoms with E-state index in [1.165, 1.54) is 16.6 Å². The molecule has 0 unspecified atom stereocenters. The van der Waals surface area contributed by atoms with Crippen molar-refractivity contribution in [1.29, 1.82) is 0 Å². The fraction of sp³-hybridized carbons (Fsp3) is 0.0192. The van der Waals surface area contributed by atoms with E-state index in [1.807, 2.05) is 12.3 Å². The predicted molar refractivity (Wildman–Crippen MR) is 237 cm³/mol. The molecule has 0 radical (unpaired) electrons. The highest BCUT2D eigenvalue weighted by Gasteiger charge is 2.28. The number of para-hydroxylation sites is 3. The summed E-state index contributed by atoms with van der Waals surface area (Å²) in [4.78, 5) is 9.78. The zero-order chi connectivity index (χ0) is 38.2. The zero-order valence-electron chi connectivity index (χ0n) is 31.3. The minimum atomic E-state index is 0.697. The number of pyridine rings is 1. The summed E-state index contributed by atoms with van der Waals surface area (Å²) in [5.74, 6) is 2.27. The van der Waals surface area contributed by atoms with E-state index < -0.39 is 0 Å². The van der Waals surface area contributed by atoms with Crippen molar-refractivity contribution in [3.05, 3.63) is 194 Å². The van der Waals surface area contributed by atoms with Crippen LogP contribution in [0.2, 0.25) is 0 Å². The molecule has 0 saturated carbocycles. The number of ether oxygens (including phenoxy) is 1. The molecule has 4 heterocycles. The standard InChI is InChI=1S/C52H34N4O2/c1-3-12-34(13-4-1)37-22-25-46-43(26-37)42-24-23-41(30-49(42)56(46)52-31-51-45(32-53-52)44-27-35-14-7-8-15-36(35)28-50(44)58-51)57-40-19-11-18-39(29-40)55-33-54(38-16-5-2-6-17-38)47-20-9-10-21-48(47)55/h1-32H,33H2. The van der Waals surface area contributed by atoms with Crippen molar-refractivity contribution in [2.75, 3.05) is 16.5 Å². The van der Waals surface area contributed by atoms with Crippen LogP contribution in [0.4, 0.5) is 22.7 Å². The van der Waals surface area contributed by atoms with Gasteiger partial charge in [0.1, 0.15) is 35.2 Å². The minimum absolute atomic E-state index is 0.697. The van der Waals surface area contributed by atoms with Crippen LogP contribution in [0.25, 0.3) is 71.5 Å². The Balaban J connectivity index is 0.963. The summed E-state index contributed by atoms with van der Waals surface area (Å²) in [7, 11) is 0. The van der Waals surface area contributed by atoms with E-state index in [0.29, 0.717) is 6.67 Å². The average molecular weight is 747 g/mol. The third-order valence-electron chi connectivity index (χ3n) is 11.5. The summed E-state index contributed by atoms with van der Waals surface area (Å²) in [6.45, 7) is 0.697. The monoisotopic (exact) mass is 746 g/mol. The summed E-state index contributed by atoms with van der Waals surface area (Å²) in [5.41, 5.74) is 10.6. The number of aromatic nitrogens is 2. The molecule has 1 aliphatic heterocycles. The molecule has 0 amide bonds. The first kappa shape index (κ1) is 32.4. The Kier molecular flexibility index (Phi) is 7.19. The molecule has 0 atom stereocenters. The van der Waals surface area contributed by atoms with E-state index in [0.717, 1.165) is 89.1 Å². The average Bonchev–Trinajstić information content (AvgIpc) is 3.95. The molecule has 6 nitrogen and oxygen atoms in total. The number of hydrogen-bond acceptors (Lipinski definition) is 5. The SMILES string of the molecule is c1ccc(-c2ccc3c(c2)c2ccc(Oc4cccc(N5CN(c6ccccc6)c6ccccc65)c4)cc2n3-c2cc3oc4cc5ccccc5cc4c3cn2)cc1. The quantitative estimate of drug-likeness (QED) is 0.170. The summed E-state index contributed by atoms with van der Waals surface area (Å²) >= 11 is 0. The van der Waals surface area contributed by atoms with Gasteiger partial charge in [0.2, 0.25) is 0 Å². The van der Waals surface area contributed by atoms with Crippen LogP contribution in [0.1, 0.15) is 0 Å². The largest absolute Gasteiger partial charge is 0.457 e. The molecule has 8 aromatic carbocycles. The Hall–Kier alpha value is -7.83. The van der Waals surface area contributed by atoms with Crippen LogP contribution in [0.5, 0.6) is 11.5 Å². The molecule has 11 aromatic rings. The number of rotatable bonds is 6. The van der Waals surface area contributed by atoms with Crippen molar-refractivity contribution in [3.8, 4) is 28.4 Å². The number of fused-ring (bicyclic) bond motifs is 8. The van der Waals surface area contributed by atoms with Crippen molar-refractivity contribution in [2.45, 2.75) is 0 Å². The molecule has 0 bridgehead atoms. The van der Waals surface area contributed by atoms with Crippen molar-refractivity contribution in [3.63, 3.8) is 0 Å². The Morgan fingerprint density at radius 3 is 1.97 bits per heavy atom. The lowest BCUT2D eigenvalue weighted by Gasteiger charge is -2.22. The lowest BCUT2D eigenvalue weighted by molar-refractivity contribution is 0.483. The molecule has 0 N–H and O–H groups in total. The highest BCUT2D eigenvalue weighted by Crippen LogP contribution is 2.45. The smallest absolute Gasteiger partial charge is 0.141 e. The number of nitrogens with zero attached hydrogens (tertiary/aromatic N) is 4. The van der Waals surface area contributed by atoms with E-state index in [2.05, 4.69) is 196 Å². The van der Waals surface area contributed by atoms with Gasteiger partial charge in [-0.25, -0.2) is 4.98 Å². The van der Waals surface area contributed by atoms with Gasteiger partial charge in [0.25, 0.3) is 0 Å². The Morgan fingerprint density at radius 2 is 1.14 bits per heavy atom. The van der Waals surface area contributed by atoms with Crippen LogP contribution in [0, 0.1) is 0 Å². The molecule has 274 valence electrons. The first-order valence-electron chi connectivity index (χ1n) is 19.5. The van der Waals surface area contributed by atoms with Gasteiger partial charge in [-0.05, 0) is 94.7 Å². The van der Waals surface area contributed by atoms with Crippen LogP contribution in [0.15, 0.2) is 199 Å². The summed E-state index contributed by atoms with van der Waals surface area (Å²) < 4.78 is 15.5. The molecular weight excluding hydrogens is 713 g/mol. The van der Waals surface area contributed by atoms with Crippen LogP contribution in [-0.2, 0) is 0 Å². The van der Waals surface area contributed by atoms with Gasteiger partial charge in [-0.15, -0.1) is 0 Å². The van der Waals surface area contributed by atoms with E-state index in [4.69, 9.17) is 14.1 Å². The van der Waals surface area contributed by atoms with Gasteiger partial charge < -0.3 is 19.0 Å². The maximum Gasteiger partial charge on any atom is 0.141 e. The van der Waals surface area contributed by atoms with Gasteiger partial charge in [0.05, 0.1) is 22.4 Å². The normalized spacial score (nSPS) is 12.7. The van der Waals surface area contributed by atoms with Crippen molar-refractivity contribution in [2.24, 2.45) is 0 Å². The van der Waals surface area contributed by atoms with Crippen molar-refractivity contribution < 1.29 is 9.15 Å². The zero-order valence-corrected chi connectivity index (χ0v) is 31.3. The topological polar surface area (TPSA) is 46.7 Å². The first-order valence-corrected chi connectivity index (χ1v) is 19.5. The fourth-order valence-electron chi connectivity index (χ4n) is 8.70. The van der Waals surface area contributed by atoms with Gasteiger partial charge in [0, 0.05) is 57.3 Å². The first-order chi connectivity index (χ1) is 28.7. The Labute approximate surface area is 334 Å². The van der Waals surface area contributed by atoms with Gasteiger partial charge in [-0.2, -0.15) is 0 Å². The van der Waals surface area contributed by atoms with Crippen LogP contribution in [0.3, 0.4) is 0 Å². The Morgan fingerprint density at radius 1 is 0.448 bits per heavy atom. The molecular formula is C52H34N4O2. The lowest BCUT2D eigenvalue weighted by Crippen LogP contribution is -2.23. The maximum absolute atomic E-state index is 6.72. The molecule has 58 heavy (non-hydrogen) atoms. The second-order valence-corrected chi connectivity index (χ2v) is 14.9. The second kappa shape index (κ2) is 12.9. The molecule has 0 fully saturated rings. The van der Waals surface area contributed by atoms with Crippen LogP contribution in [-0.4, -0.2) is 16.2 Å². The molecule has 12 rings (SSSR count). The van der Waals surface area contributed by atoms with Gasteiger partial charge in [-0.1, -0.05) is 97.1 Å². The van der Waals surface area contributed by atoms with Crippen LogP contribution < -0.4 is 14.5 Å². The van der Waals surface area contributed by atoms with E-state index in [1.54, 1.807) is 0 Å².